The number of benzene rings is 1. The Balaban J connectivity index is 1.43. The van der Waals surface area contributed by atoms with Crippen molar-refractivity contribution in [3.63, 3.8) is 0 Å². The van der Waals surface area contributed by atoms with E-state index in [1.165, 1.54) is 6.20 Å². The highest BCUT2D eigenvalue weighted by molar-refractivity contribution is 6.33. The van der Waals surface area contributed by atoms with E-state index < -0.39 is 12.4 Å². The zero-order valence-corrected chi connectivity index (χ0v) is 25.1. The fraction of sp³-hybridized carbons (Fsp3) is 0.533. The van der Waals surface area contributed by atoms with Crippen molar-refractivity contribution in [2.75, 3.05) is 25.1 Å². The maximum absolute atomic E-state index is 14.1. The first-order valence-corrected chi connectivity index (χ1v) is 14.8. The third kappa shape index (κ3) is 4.97. The van der Waals surface area contributed by atoms with E-state index in [4.69, 9.17) is 30.8 Å². The van der Waals surface area contributed by atoms with Crippen molar-refractivity contribution in [1.29, 1.82) is 0 Å². The van der Waals surface area contributed by atoms with Crippen LogP contribution in [0.3, 0.4) is 0 Å². The number of aliphatic hydroxyl groups is 1. The smallest absolute Gasteiger partial charge is 0.271 e. The molecule has 5 heterocycles. The third-order valence-electron chi connectivity index (χ3n) is 8.37. The summed E-state index contributed by atoms with van der Waals surface area (Å²) in [7, 11) is 0. The highest BCUT2D eigenvalue weighted by atomic mass is 35.5. The van der Waals surface area contributed by atoms with Gasteiger partial charge in [0.2, 0.25) is 5.95 Å². The van der Waals surface area contributed by atoms with E-state index >= 15 is 0 Å². The molecule has 2 bridgehead atoms. The minimum Gasteiger partial charge on any atom is -0.386 e. The Hall–Kier alpha value is -3.09. The maximum atomic E-state index is 14.1. The van der Waals surface area contributed by atoms with Gasteiger partial charge in [0, 0.05) is 22.6 Å². The SMILES string of the molecule is Cc1c(C(=O)N2[C@@H](C)COC[C@@H]2C)n(C(C)C)c2cc(-c3nc(N[C@@H]4C[C@H]5CO[C@H](O5)[C@H]4O)ncc3Cl)ccc2c1=O. The number of carbonyl (C=O) groups is 1. The van der Waals surface area contributed by atoms with E-state index in [1.54, 1.807) is 19.1 Å². The first-order chi connectivity index (χ1) is 20.0. The number of rotatable bonds is 5. The third-order valence-corrected chi connectivity index (χ3v) is 8.65. The van der Waals surface area contributed by atoms with Gasteiger partial charge in [-0.3, -0.25) is 9.59 Å². The average molecular weight is 598 g/mol. The number of aliphatic hydroxyl groups excluding tert-OH is 1. The molecule has 42 heavy (non-hydrogen) atoms. The van der Waals surface area contributed by atoms with Gasteiger partial charge in [0.25, 0.3) is 5.91 Å². The Kier molecular flexibility index (Phi) is 7.73. The fourth-order valence-corrected chi connectivity index (χ4v) is 6.54. The second-order valence-corrected chi connectivity index (χ2v) is 12.2. The first-order valence-electron chi connectivity index (χ1n) is 14.4. The van der Waals surface area contributed by atoms with Crippen LogP contribution in [-0.4, -0.2) is 86.9 Å². The molecule has 0 aliphatic carbocycles. The van der Waals surface area contributed by atoms with Gasteiger partial charge < -0.3 is 34.1 Å². The Morgan fingerprint density at radius 2 is 1.93 bits per heavy atom. The van der Waals surface area contributed by atoms with Crippen LogP contribution in [0.1, 0.15) is 56.2 Å². The molecule has 3 aromatic rings. The molecule has 1 aromatic carbocycles. The molecule has 0 unspecified atom stereocenters. The summed E-state index contributed by atoms with van der Waals surface area (Å²) in [6, 6.07) is 4.69. The molecule has 3 fully saturated rings. The molecule has 2 aromatic heterocycles. The number of nitrogens with one attached hydrogen (secondary N) is 1. The molecular weight excluding hydrogens is 562 g/mol. The van der Waals surface area contributed by atoms with Crippen LogP contribution >= 0.6 is 11.6 Å². The number of hydrogen-bond acceptors (Lipinski definition) is 9. The van der Waals surface area contributed by atoms with Gasteiger partial charge in [-0.05, 0) is 53.2 Å². The number of fused-ring (bicyclic) bond motifs is 3. The van der Waals surface area contributed by atoms with E-state index in [2.05, 4.69) is 10.3 Å². The first kappa shape index (κ1) is 29.0. The standard InChI is InChI=1S/C30H36ClN5O6/c1-14(2)35-23-8-18(24-21(31)10-32-30(34-24)33-22-9-19-13-41-29(42-19)27(22)38)6-7-20(23)26(37)17(5)25(35)28(39)36-15(3)11-40-12-16(36)4/h6-8,10,14-16,19,22,27,29,38H,9,11-13H2,1-5H3,(H,32,33,34)/t15-,16-,19-,22+,27-,29+/m0/s1. The molecule has 6 rings (SSSR count). The predicted octanol–water partition coefficient (Wildman–Crippen LogP) is 3.54. The molecule has 0 spiro atoms. The van der Waals surface area contributed by atoms with Crippen molar-refractivity contribution in [2.45, 2.75) is 83.7 Å². The van der Waals surface area contributed by atoms with Crippen LogP contribution < -0.4 is 10.7 Å². The van der Waals surface area contributed by atoms with Gasteiger partial charge in [-0.15, -0.1) is 0 Å². The maximum Gasteiger partial charge on any atom is 0.271 e. The van der Waals surface area contributed by atoms with Crippen molar-refractivity contribution >= 4 is 34.4 Å². The number of anilines is 1. The molecule has 6 atom stereocenters. The summed E-state index contributed by atoms with van der Waals surface area (Å²) in [6.07, 6.45) is 0.411. The zero-order valence-electron chi connectivity index (χ0n) is 24.3. The van der Waals surface area contributed by atoms with Gasteiger partial charge in [0.15, 0.2) is 11.7 Å². The van der Waals surface area contributed by atoms with E-state index in [1.807, 2.05) is 43.2 Å². The molecule has 1 amide bonds. The molecule has 3 saturated heterocycles. The highest BCUT2D eigenvalue weighted by Gasteiger charge is 2.43. The lowest BCUT2D eigenvalue weighted by atomic mass is 10.0. The number of pyridine rings is 1. The summed E-state index contributed by atoms with van der Waals surface area (Å²) < 4.78 is 18.7. The molecule has 0 saturated carbocycles. The minimum atomic E-state index is -0.872. The number of hydrogen-bond donors (Lipinski definition) is 2. The van der Waals surface area contributed by atoms with Gasteiger partial charge in [-0.2, -0.15) is 0 Å². The largest absolute Gasteiger partial charge is 0.386 e. The summed E-state index contributed by atoms with van der Waals surface area (Å²) in [6.45, 7) is 11.0. The Bertz CT molecular complexity index is 1580. The van der Waals surface area contributed by atoms with Crippen molar-refractivity contribution in [2.24, 2.45) is 0 Å². The lowest BCUT2D eigenvalue weighted by Crippen LogP contribution is -2.53. The Labute approximate surface area is 248 Å². The van der Waals surface area contributed by atoms with Crippen LogP contribution in [0.25, 0.3) is 22.2 Å². The lowest BCUT2D eigenvalue weighted by molar-refractivity contribution is -0.156. The van der Waals surface area contributed by atoms with E-state index in [9.17, 15) is 14.7 Å². The summed E-state index contributed by atoms with van der Waals surface area (Å²) in [5.41, 5.74) is 2.35. The molecule has 3 aliphatic heterocycles. The van der Waals surface area contributed by atoms with Gasteiger partial charge in [0.05, 0.1) is 66.5 Å². The summed E-state index contributed by atoms with van der Waals surface area (Å²) in [4.78, 5) is 38.6. The number of carbonyl (C=O) groups excluding carboxylic acids is 1. The van der Waals surface area contributed by atoms with Crippen molar-refractivity contribution in [1.82, 2.24) is 19.4 Å². The predicted molar refractivity (Wildman–Crippen MR) is 158 cm³/mol. The molecular formula is C30H36ClN5O6. The fourth-order valence-electron chi connectivity index (χ4n) is 6.34. The number of ether oxygens (including phenoxy) is 3. The van der Waals surface area contributed by atoms with Crippen molar-refractivity contribution in [3.05, 3.63) is 50.9 Å². The molecule has 12 heteroatoms. The van der Waals surface area contributed by atoms with Gasteiger partial charge >= 0.3 is 0 Å². The topological polar surface area (TPSA) is 128 Å². The monoisotopic (exact) mass is 597 g/mol. The second-order valence-electron chi connectivity index (χ2n) is 11.8. The summed E-state index contributed by atoms with van der Waals surface area (Å²) in [5.74, 6) is 0.115. The number of aromatic nitrogens is 3. The van der Waals surface area contributed by atoms with E-state index in [-0.39, 0.29) is 41.6 Å². The van der Waals surface area contributed by atoms with E-state index in [0.717, 1.165) is 0 Å². The highest BCUT2D eigenvalue weighted by Crippen LogP contribution is 2.33. The van der Waals surface area contributed by atoms with Crippen LogP contribution in [0.5, 0.6) is 0 Å². The Morgan fingerprint density at radius 3 is 2.64 bits per heavy atom. The average Bonchev–Trinajstić information content (AvgIpc) is 3.37. The lowest BCUT2D eigenvalue weighted by Gasteiger charge is -2.39. The normalized spacial score (nSPS) is 27.6. The summed E-state index contributed by atoms with van der Waals surface area (Å²) in [5, 5.41) is 14.7. The number of amides is 1. The van der Waals surface area contributed by atoms with Gasteiger partial charge in [0.1, 0.15) is 11.8 Å². The van der Waals surface area contributed by atoms with E-state index in [0.29, 0.717) is 70.6 Å². The number of halogens is 1. The quantitative estimate of drug-likeness (QED) is 0.454. The number of morpholine rings is 1. The Morgan fingerprint density at radius 1 is 1.19 bits per heavy atom. The van der Waals surface area contributed by atoms with Crippen LogP contribution in [0.2, 0.25) is 5.02 Å². The molecule has 2 N–H and O–H groups in total. The van der Waals surface area contributed by atoms with Crippen LogP contribution in [0, 0.1) is 6.92 Å². The van der Waals surface area contributed by atoms with Gasteiger partial charge in [-0.25, -0.2) is 9.97 Å². The van der Waals surface area contributed by atoms with Crippen molar-refractivity contribution < 1.29 is 24.1 Å². The summed E-state index contributed by atoms with van der Waals surface area (Å²) >= 11 is 6.60. The minimum absolute atomic E-state index is 0.0975. The van der Waals surface area contributed by atoms with Crippen LogP contribution in [0.4, 0.5) is 5.95 Å². The molecule has 224 valence electrons. The van der Waals surface area contributed by atoms with Crippen molar-refractivity contribution in [3.8, 4) is 11.3 Å². The molecule has 0 radical (unpaired) electrons. The molecule has 3 aliphatic rings. The van der Waals surface area contributed by atoms with Gasteiger partial charge in [-0.1, -0.05) is 17.7 Å². The zero-order chi connectivity index (χ0) is 29.9. The molecule has 11 nitrogen and oxygen atoms in total. The number of nitrogens with zero attached hydrogens (tertiary/aromatic N) is 4. The second kappa shape index (κ2) is 11.2. The van der Waals surface area contributed by atoms with Crippen LogP contribution in [-0.2, 0) is 14.2 Å². The van der Waals surface area contributed by atoms with Crippen LogP contribution in [0.15, 0.2) is 29.2 Å².